The van der Waals surface area contributed by atoms with E-state index >= 15 is 0 Å². The highest BCUT2D eigenvalue weighted by molar-refractivity contribution is 7.13. The third-order valence-corrected chi connectivity index (χ3v) is 3.47. The van der Waals surface area contributed by atoms with Gasteiger partial charge in [0.1, 0.15) is 11.8 Å². The van der Waals surface area contributed by atoms with Crippen LogP contribution in [0.2, 0.25) is 0 Å². The monoisotopic (exact) mass is 307 g/mol. The molecule has 0 aliphatic rings. The van der Waals surface area contributed by atoms with Crippen molar-refractivity contribution < 1.29 is 4.74 Å². The first kappa shape index (κ1) is 15.2. The van der Waals surface area contributed by atoms with Gasteiger partial charge in [-0.2, -0.15) is 15.8 Å². The van der Waals surface area contributed by atoms with Crippen LogP contribution in [0.4, 0.5) is 5.13 Å². The highest BCUT2D eigenvalue weighted by atomic mass is 32.1. The molecule has 0 aliphatic carbocycles. The number of aromatic nitrogens is 1. The van der Waals surface area contributed by atoms with Crippen LogP contribution in [0.1, 0.15) is 0 Å². The SMILES string of the molecule is COc1ccc(-c2csc(/N=C(\C#N)C(C#N)C#N)n2)cc1. The molecule has 2 rings (SSSR count). The Labute approximate surface area is 131 Å². The van der Waals surface area contributed by atoms with E-state index in [9.17, 15) is 0 Å². The van der Waals surface area contributed by atoms with Crippen molar-refractivity contribution >= 4 is 22.2 Å². The summed E-state index contributed by atoms with van der Waals surface area (Å²) in [6, 6.07) is 12.6. The van der Waals surface area contributed by atoms with Crippen molar-refractivity contribution in [2.24, 2.45) is 10.9 Å². The van der Waals surface area contributed by atoms with Crippen molar-refractivity contribution in [3.05, 3.63) is 29.6 Å². The summed E-state index contributed by atoms with van der Waals surface area (Å²) in [6.07, 6.45) is 0. The van der Waals surface area contributed by atoms with E-state index in [1.165, 1.54) is 11.3 Å². The lowest BCUT2D eigenvalue weighted by Gasteiger charge is -2.00. The molecule has 22 heavy (non-hydrogen) atoms. The van der Waals surface area contributed by atoms with Crippen molar-refractivity contribution in [3.8, 4) is 35.2 Å². The Morgan fingerprint density at radius 3 is 2.45 bits per heavy atom. The largest absolute Gasteiger partial charge is 0.497 e. The minimum absolute atomic E-state index is 0.152. The van der Waals surface area contributed by atoms with Crippen LogP contribution in [-0.4, -0.2) is 17.8 Å². The zero-order valence-corrected chi connectivity index (χ0v) is 12.3. The second-order valence-electron chi connectivity index (χ2n) is 4.04. The van der Waals surface area contributed by atoms with Gasteiger partial charge in [0.05, 0.1) is 24.9 Å². The van der Waals surface area contributed by atoms with Crippen molar-refractivity contribution in [1.29, 1.82) is 15.8 Å². The third-order valence-electron chi connectivity index (χ3n) is 2.74. The predicted molar refractivity (Wildman–Crippen MR) is 81.5 cm³/mol. The van der Waals surface area contributed by atoms with Gasteiger partial charge in [-0.25, -0.2) is 9.98 Å². The topological polar surface area (TPSA) is 106 Å². The Hall–Kier alpha value is -3.21. The molecule has 6 nitrogen and oxygen atoms in total. The van der Waals surface area contributed by atoms with Crippen LogP contribution in [0.25, 0.3) is 11.3 Å². The first-order valence-corrected chi connectivity index (χ1v) is 6.97. The molecule has 0 bridgehead atoms. The Kier molecular flexibility index (Phi) is 4.82. The molecule has 1 aromatic carbocycles. The predicted octanol–water partition coefficient (Wildman–Crippen LogP) is 3.08. The molecule has 0 unspecified atom stereocenters. The second kappa shape index (κ2) is 6.99. The summed E-state index contributed by atoms with van der Waals surface area (Å²) in [5.41, 5.74) is 1.43. The van der Waals surface area contributed by atoms with E-state index in [0.29, 0.717) is 10.8 Å². The van der Waals surface area contributed by atoms with Gasteiger partial charge < -0.3 is 4.74 Å². The van der Waals surface area contributed by atoms with Crippen molar-refractivity contribution in [3.63, 3.8) is 0 Å². The number of benzene rings is 1. The second-order valence-corrected chi connectivity index (χ2v) is 4.88. The summed E-state index contributed by atoms with van der Waals surface area (Å²) >= 11 is 1.24. The Balaban J connectivity index is 2.30. The maximum Gasteiger partial charge on any atom is 0.210 e. The van der Waals surface area contributed by atoms with Crippen LogP contribution >= 0.6 is 11.3 Å². The van der Waals surface area contributed by atoms with Crippen molar-refractivity contribution in [2.75, 3.05) is 7.11 Å². The number of hydrogen-bond acceptors (Lipinski definition) is 7. The number of nitriles is 3. The molecule has 106 valence electrons. The van der Waals surface area contributed by atoms with Gasteiger partial charge >= 0.3 is 0 Å². The lowest BCUT2D eigenvalue weighted by atomic mass is 10.1. The Morgan fingerprint density at radius 2 is 1.91 bits per heavy atom. The molecule has 0 aliphatic heterocycles. The van der Waals surface area contributed by atoms with Crippen molar-refractivity contribution in [2.45, 2.75) is 0 Å². The van der Waals surface area contributed by atoms with Crippen LogP contribution < -0.4 is 4.74 Å². The number of ether oxygens (including phenoxy) is 1. The summed E-state index contributed by atoms with van der Waals surface area (Å²) < 4.78 is 5.09. The zero-order chi connectivity index (χ0) is 15.9. The molecule has 0 saturated carbocycles. The summed E-state index contributed by atoms with van der Waals surface area (Å²) in [7, 11) is 1.59. The Morgan fingerprint density at radius 1 is 1.23 bits per heavy atom. The lowest BCUT2D eigenvalue weighted by Crippen LogP contribution is -2.07. The average molecular weight is 307 g/mol. The first-order chi connectivity index (χ1) is 10.7. The van der Waals surface area contributed by atoms with Crippen molar-refractivity contribution in [1.82, 2.24) is 4.98 Å². The Bertz CT molecular complexity index is 803. The molecule has 0 radical (unpaired) electrons. The number of aliphatic imine (C=N–C) groups is 1. The number of thiazole rings is 1. The molecule has 0 saturated heterocycles. The van der Waals surface area contributed by atoms with E-state index in [1.807, 2.05) is 24.3 Å². The molecular formula is C15H9N5OS. The molecule has 1 heterocycles. The van der Waals surface area contributed by atoms with Gasteiger partial charge in [-0.1, -0.05) is 0 Å². The van der Waals surface area contributed by atoms with Crippen LogP contribution in [0.3, 0.4) is 0 Å². The lowest BCUT2D eigenvalue weighted by molar-refractivity contribution is 0.415. The van der Waals surface area contributed by atoms with Crippen LogP contribution in [-0.2, 0) is 0 Å². The number of rotatable bonds is 4. The van der Waals surface area contributed by atoms with E-state index in [4.69, 9.17) is 20.5 Å². The molecular weight excluding hydrogens is 298 g/mol. The normalized spacial score (nSPS) is 10.6. The van der Waals surface area contributed by atoms with E-state index in [2.05, 4.69) is 9.98 Å². The van der Waals surface area contributed by atoms with Gasteiger partial charge in [-0.05, 0) is 24.3 Å². The van der Waals surface area contributed by atoms with E-state index < -0.39 is 5.92 Å². The fourth-order valence-electron chi connectivity index (χ4n) is 1.62. The fraction of sp³-hybridized carbons (Fsp3) is 0.133. The van der Waals surface area contributed by atoms with Gasteiger partial charge in [0.25, 0.3) is 0 Å². The minimum Gasteiger partial charge on any atom is -0.497 e. The standard InChI is InChI=1S/C15H9N5OS/c1-21-12-4-2-10(3-5-12)14-9-22-15(20-14)19-13(8-18)11(6-16)7-17/h2-5,9,11H,1H3/b19-13+. The summed E-state index contributed by atoms with van der Waals surface area (Å²) in [5, 5.41) is 28.7. The molecule has 7 heteroatoms. The molecule has 0 amide bonds. The molecule has 1 aromatic heterocycles. The first-order valence-electron chi connectivity index (χ1n) is 6.09. The average Bonchev–Trinajstić information content (AvgIpc) is 3.03. The summed E-state index contributed by atoms with van der Waals surface area (Å²) in [4.78, 5) is 8.29. The molecule has 0 N–H and O–H groups in total. The molecule has 2 aromatic rings. The highest BCUT2D eigenvalue weighted by Gasteiger charge is 2.15. The van der Waals surface area contributed by atoms with Gasteiger partial charge in [0.15, 0.2) is 11.6 Å². The zero-order valence-electron chi connectivity index (χ0n) is 11.5. The maximum absolute atomic E-state index is 8.98. The van der Waals surface area contributed by atoms with Crippen LogP contribution in [0.15, 0.2) is 34.6 Å². The smallest absolute Gasteiger partial charge is 0.210 e. The quantitative estimate of drug-likeness (QED) is 0.807. The number of methoxy groups -OCH3 is 1. The molecule has 0 spiro atoms. The molecule has 0 atom stereocenters. The molecule has 0 fully saturated rings. The van der Waals surface area contributed by atoms with Gasteiger partial charge in [0.2, 0.25) is 5.13 Å². The number of hydrogen-bond donors (Lipinski definition) is 0. The van der Waals surface area contributed by atoms with E-state index in [-0.39, 0.29) is 5.71 Å². The fourth-order valence-corrected chi connectivity index (χ4v) is 2.33. The van der Waals surface area contributed by atoms with E-state index in [0.717, 1.165) is 11.3 Å². The summed E-state index contributed by atoms with van der Waals surface area (Å²) in [6.45, 7) is 0. The van der Waals surface area contributed by atoms with Crippen LogP contribution in [0, 0.1) is 39.9 Å². The van der Waals surface area contributed by atoms with Gasteiger partial charge in [0, 0.05) is 10.9 Å². The summed E-state index contributed by atoms with van der Waals surface area (Å²) in [5.74, 6) is -0.437. The maximum atomic E-state index is 8.98. The van der Waals surface area contributed by atoms with Crippen LogP contribution in [0.5, 0.6) is 5.75 Å². The van der Waals surface area contributed by atoms with Gasteiger partial charge in [-0.3, -0.25) is 0 Å². The number of nitrogens with zero attached hydrogens (tertiary/aromatic N) is 5. The van der Waals surface area contributed by atoms with E-state index in [1.54, 1.807) is 30.7 Å². The highest BCUT2D eigenvalue weighted by Crippen LogP contribution is 2.28. The van der Waals surface area contributed by atoms with Gasteiger partial charge in [-0.15, -0.1) is 11.3 Å². The minimum atomic E-state index is -1.18. The third kappa shape index (κ3) is 3.27.